The third-order valence-corrected chi connectivity index (χ3v) is 4.23. The van der Waals surface area contributed by atoms with E-state index >= 15 is 0 Å². The minimum atomic E-state index is -1.50. The van der Waals surface area contributed by atoms with Gasteiger partial charge < -0.3 is 15.3 Å². The predicted octanol–water partition coefficient (Wildman–Crippen LogP) is 3.31. The van der Waals surface area contributed by atoms with Gasteiger partial charge in [0.25, 0.3) is 5.09 Å². The summed E-state index contributed by atoms with van der Waals surface area (Å²) in [5, 5.41) is 26.8. The molecule has 0 aromatic heterocycles. The Morgan fingerprint density at radius 1 is 1.36 bits per heavy atom. The first-order valence-electron chi connectivity index (χ1n) is 6.60. The molecule has 1 rings (SSSR count). The minimum Gasteiger partial charge on any atom is -0.410 e. The molecule has 22 heavy (non-hydrogen) atoms. The summed E-state index contributed by atoms with van der Waals surface area (Å²) >= 11 is 4.97. The van der Waals surface area contributed by atoms with Crippen LogP contribution in [0.25, 0.3) is 0 Å². The lowest BCUT2D eigenvalue weighted by atomic mass is 10.2. The van der Waals surface area contributed by atoms with Gasteiger partial charge in [0.15, 0.2) is 0 Å². The third kappa shape index (κ3) is 9.59. The smallest absolute Gasteiger partial charge is 0.291 e. The van der Waals surface area contributed by atoms with Crippen LogP contribution in [0.4, 0.5) is 0 Å². The maximum Gasteiger partial charge on any atom is 0.291 e. The molecule has 0 unspecified atom stereocenters. The fourth-order valence-electron chi connectivity index (χ4n) is 1.57. The Balaban J connectivity index is 0.000000980. The largest absolute Gasteiger partial charge is 0.410 e. The highest BCUT2D eigenvalue weighted by atomic mass is 79.9. The summed E-state index contributed by atoms with van der Waals surface area (Å²) in [7, 11) is 0. The molecule has 0 spiro atoms. The van der Waals surface area contributed by atoms with Crippen molar-refractivity contribution in [3.8, 4) is 0 Å². The summed E-state index contributed by atoms with van der Waals surface area (Å²) in [4.78, 5) is 10.7. The number of thioether (sulfide) groups is 1. The highest BCUT2D eigenvalue weighted by Gasteiger charge is 2.06. The number of hydrogen-bond donors (Lipinski definition) is 2. The quantitative estimate of drug-likeness (QED) is 0.253. The van der Waals surface area contributed by atoms with Crippen molar-refractivity contribution in [1.82, 2.24) is 4.90 Å². The Labute approximate surface area is 142 Å². The molecule has 2 N–H and O–H groups in total. The fraction of sp³-hybridized carbons (Fsp3) is 0.462. The molecule has 1 aromatic rings. The van der Waals surface area contributed by atoms with Crippen molar-refractivity contribution in [2.45, 2.75) is 13.8 Å². The van der Waals surface area contributed by atoms with Crippen LogP contribution >= 0.6 is 27.7 Å². The van der Waals surface area contributed by atoms with Crippen molar-refractivity contribution < 1.29 is 15.5 Å². The summed E-state index contributed by atoms with van der Waals surface area (Å²) in [5.41, 5.74) is 0.949. The molecule has 0 fully saturated rings. The van der Waals surface area contributed by atoms with Crippen LogP contribution in [0.2, 0.25) is 0 Å². The first kappa shape index (κ1) is 20.7. The van der Waals surface area contributed by atoms with Gasteiger partial charge in [-0.3, -0.25) is 0 Å². The Hall–Kier alpha value is -1.32. The Kier molecular flexibility index (Phi) is 11.5. The van der Waals surface area contributed by atoms with Crippen molar-refractivity contribution in [2.24, 2.45) is 5.16 Å². The molecule has 0 amide bonds. The van der Waals surface area contributed by atoms with E-state index in [1.165, 1.54) is 0 Å². The SMILES string of the molecule is CCN(CC)CCS/C(=N/O)c1ccc(Br)cc1.O=[N+]([O-])O. The third-order valence-electron chi connectivity index (χ3n) is 2.72. The van der Waals surface area contributed by atoms with Crippen molar-refractivity contribution in [3.05, 3.63) is 44.4 Å². The molecule has 7 nitrogen and oxygen atoms in total. The number of hydrogen-bond acceptors (Lipinski definition) is 6. The second-order valence-corrected chi connectivity index (χ2v) is 6.02. The Morgan fingerprint density at radius 2 is 1.86 bits per heavy atom. The summed E-state index contributed by atoms with van der Waals surface area (Å²) in [5.74, 6) is 0.928. The molecular formula is C13H20BrN3O4S. The van der Waals surface area contributed by atoms with Crippen molar-refractivity contribution in [3.63, 3.8) is 0 Å². The molecule has 124 valence electrons. The van der Waals surface area contributed by atoms with Gasteiger partial charge in [-0.2, -0.15) is 0 Å². The number of benzene rings is 1. The average Bonchev–Trinajstić information content (AvgIpc) is 2.48. The van der Waals surface area contributed by atoms with Gasteiger partial charge in [-0.05, 0) is 25.2 Å². The molecule has 1 aromatic carbocycles. The van der Waals surface area contributed by atoms with Gasteiger partial charge in [0.2, 0.25) is 0 Å². The normalized spacial score (nSPS) is 11.0. The zero-order valence-corrected chi connectivity index (χ0v) is 14.9. The van der Waals surface area contributed by atoms with Gasteiger partial charge in [-0.1, -0.05) is 47.1 Å². The van der Waals surface area contributed by atoms with Gasteiger partial charge in [0, 0.05) is 22.3 Å². The minimum absolute atomic E-state index is 0.676. The number of rotatable bonds is 6. The number of oxime groups is 1. The molecular weight excluding hydrogens is 374 g/mol. The van der Waals surface area contributed by atoms with Crippen LogP contribution < -0.4 is 0 Å². The van der Waals surface area contributed by atoms with Crippen LogP contribution in [0, 0.1) is 10.1 Å². The van der Waals surface area contributed by atoms with E-state index in [1.54, 1.807) is 11.8 Å². The van der Waals surface area contributed by atoms with E-state index in [-0.39, 0.29) is 0 Å². The first-order chi connectivity index (χ1) is 10.4. The second-order valence-electron chi connectivity index (χ2n) is 4.03. The molecule has 0 radical (unpaired) electrons. The first-order valence-corrected chi connectivity index (χ1v) is 8.38. The topological polar surface area (TPSA) is 99.2 Å². The maximum atomic E-state index is 9.07. The standard InChI is InChI=1S/C13H19BrN2OS.HNO3/c1-3-16(4-2)9-10-18-13(15-17)11-5-7-12(14)8-6-11;2-1(3)4/h5-8,17H,3-4,9-10H2,1-2H3;(H,2,3,4)/b15-13+;. The van der Waals surface area contributed by atoms with Gasteiger partial charge >= 0.3 is 0 Å². The van der Waals surface area contributed by atoms with E-state index in [4.69, 9.17) is 20.5 Å². The number of halogens is 1. The lowest BCUT2D eigenvalue weighted by Gasteiger charge is -2.17. The lowest BCUT2D eigenvalue weighted by molar-refractivity contribution is -0.742. The Bertz CT molecular complexity index is 463. The van der Waals surface area contributed by atoms with Crippen LogP contribution in [-0.4, -0.2) is 50.8 Å². The summed E-state index contributed by atoms with van der Waals surface area (Å²) in [6.07, 6.45) is 0. The molecule has 0 saturated carbocycles. The van der Waals surface area contributed by atoms with Gasteiger partial charge in [-0.25, -0.2) is 0 Å². The molecule has 0 aliphatic heterocycles. The van der Waals surface area contributed by atoms with E-state index in [0.29, 0.717) is 5.04 Å². The molecule has 0 heterocycles. The van der Waals surface area contributed by atoms with E-state index in [1.807, 2.05) is 24.3 Å². The lowest BCUT2D eigenvalue weighted by Crippen LogP contribution is -2.25. The Morgan fingerprint density at radius 3 is 2.27 bits per heavy atom. The molecule has 0 bridgehead atoms. The summed E-state index contributed by atoms with van der Waals surface area (Å²) in [6.45, 7) is 7.43. The highest BCUT2D eigenvalue weighted by molar-refractivity contribution is 9.10. The molecule has 0 atom stereocenters. The molecule has 9 heteroatoms. The molecule has 0 saturated heterocycles. The van der Waals surface area contributed by atoms with Crippen LogP contribution in [-0.2, 0) is 0 Å². The van der Waals surface area contributed by atoms with E-state index in [2.05, 4.69) is 39.8 Å². The zero-order valence-electron chi connectivity index (χ0n) is 12.5. The highest BCUT2D eigenvalue weighted by Crippen LogP contribution is 2.17. The second kappa shape index (κ2) is 12.2. The maximum absolute atomic E-state index is 9.07. The fourth-order valence-corrected chi connectivity index (χ4v) is 2.74. The number of nitrogens with zero attached hydrogens (tertiary/aromatic N) is 3. The van der Waals surface area contributed by atoms with E-state index in [9.17, 15) is 0 Å². The van der Waals surface area contributed by atoms with Crippen molar-refractivity contribution in [2.75, 3.05) is 25.4 Å². The monoisotopic (exact) mass is 393 g/mol. The zero-order chi connectivity index (χ0) is 17.0. The van der Waals surface area contributed by atoms with Crippen LogP contribution in [0.3, 0.4) is 0 Å². The van der Waals surface area contributed by atoms with Crippen LogP contribution in [0.15, 0.2) is 33.9 Å². The van der Waals surface area contributed by atoms with Gasteiger partial charge in [0.1, 0.15) is 5.04 Å². The average molecular weight is 394 g/mol. The van der Waals surface area contributed by atoms with E-state index in [0.717, 1.165) is 35.4 Å². The van der Waals surface area contributed by atoms with E-state index < -0.39 is 5.09 Å². The summed E-state index contributed by atoms with van der Waals surface area (Å²) in [6, 6.07) is 7.80. The van der Waals surface area contributed by atoms with Crippen LogP contribution in [0.5, 0.6) is 0 Å². The van der Waals surface area contributed by atoms with Crippen molar-refractivity contribution in [1.29, 1.82) is 0 Å². The predicted molar refractivity (Wildman–Crippen MR) is 91.5 cm³/mol. The van der Waals surface area contributed by atoms with Gasteiger partial charge in [-0.15, -0.1) is 21.9 Å². The molecule has 0 aliphatic carbocycles. The summed E-state index contributed by atoms with van der Waals surface area (Å²) < 4.78 is 1.02. The van der Waals surface area contributed by atoms with Crippen molar-refractivity contribution >= 4 is 32.7 Å². The molecule has 0 aliphatic rings. The van der Waals surface area contributed by atoms with Gasteiger partial charge in [0.05, 0.1) is 0 Å². The van der Waals surface area contributed by atoms with Crippen LogP contribution in [0.1, 0.15) is 19.4 Å².